The Hall–Kier alpha value is -2.70. The lowest BCUT2D eigenvalue weighted by atomic mass is 9.88. The molecule has 0 atom stereocenters. The second-order valence-corrected chi connectivity index (χ2v) is 9.79. The van der Waals surface area contributed by atoms with E-state index in [0.717, 1.165) is 38.5 Å². The van der Waals surface area contributed by atoms with Gasteiger partial charge in [0.05, 0.1) is 11.1 Å². The Morgan fingerprint density at radius 2 is 1.62 bits per heavy atom. The van der Waals surface area contributed by atoms with Crippen LogP contribution in [0.1, 0.15) is 89.9 Å². The van der Waals surface area contributed by atoms with Gasteiger partial charge in [0.2, 0.25) is 5.91 Å². The molecule has 1 saturated carbocycles. The zero-order valence-corrected chi connectivity index (χ0v) is 19.1. The molecule has 4 amide bonds. The lowest BCUT2D eigenvalue weighted by Crippen LogP contribution is -2.48. The van der Waals surface area contributed by atoms with Gasteiger partial charge in [-0.05, 0) is 49.8 Å². The average molecular weight is 440 g/mol. The molecule has 0 spiro atoms. The van der Waals surface area contributed by atoms with Gasteiger partial charge in [0, 0.05) is 37.2 Å². The predicted octanol–water partition coefficient (Wildman–Crippen LogP) is 3.24. The highest BCUT2D eigenvalue weighted by Gasteiger charge is 2.36. The number of piperidine rings is 1. The maximum absolute atomic E-state index is 13.1. The Kier molecular flexibility index (Phi) is 6.63. The number of benzene rings is 1. The molecule has 1 aromatic carbocycles. The SMILES string of the molecule is CC(C)CN1C(=O)c2ccc(C(=O)N3CCC(NC(=O)C4CCCCC4)CC3)cc2C1=O. The molecular formula is C25H33N3O4. The maximum atomic E-state index is 13.1. The highest BCUT2D eigenvalue weighted by atomic mass is 16.2. The van der Waals surface area contributed by atoms with Gasteiger partial charge in [0.1, 0.15) is 0 Å². The first kappa shape index (κ1) is 22.5. The Balaban J connectivity index is 1.35. The summed E-state index contributed by atoms with van der Waals surface area (Å²) in [7, 11) is 0. The first-order valence-electron chi connectivity index (χ1n) is 11.9. The van der Waals surface area contributed by atoms with Crippen molar-refractivity contribution in [3.8, 4) is 0 Å². The molecule has 1 saturated heterocycles. The molecule has 0 unspecified atom stereocenters. The third-order valence-electron chi connectivity index (χ3n) is 6.87. The van der Waals surface area contributed by atoms with Crippen LogP contribution in [0, 0.1) is 11.8 Å². The minimum absolute atomic E-state index is 0.109. The van der Waals surface area contributed by atoms with Crippen molar-refractivity contribution in [1.29, 1.82) is 0 Å². The normalized spacial score (nSPS) is 20.1. The van der Waals surface area contributed by atoms with Crippen molar-refractivity contribution >= 4 is 23.6 Å². The molecule has 2 aliphatic heterocycles. The van der Waals surface area contributed by atoms with E-state index in [9.17, 15) is 19.2 Å². The van der Waals surface area contributed by atoms with Crippen molar-refractivity contribution in [2.75, 3.05) is 19.6 Å². The van der Waals surface area contributed by atoms with Gasteiger partial charge in [-0.25, -0.2) is 0 Å². The van der Waals surface area contributed by atoms with Crippen LogP contribution in [0.3, 0.4) is 0 Å². The van der Waals surface area contributed by atoms with Gasteiger partial charge in [-0.2, -0.15) is 0 Å². The number of fused-ring (bicyclic) bond motifs is 1. The Bertz CT molecular complexity index is 912. The van der Waals surface area contributed by atoms with Crippen molar-refractivity contribution in [3.05, 3.63) is 34.9 Å². The lowest BCUT2D eigenvalue weighted by Gasteiger charge is -2.33. The predicted molar refractivity (Wildman–Crippen MR) is 120 cm³/mol. The molecule has 7 heteroatoms. The summed E-state index contributed by atoms with van der Waals surface area (Å²) >= 11 is 0. The summed E-state index contributed by atoms with van der Waals surface area (Å²) in [6.07, 6.45) is 6.92. The third kappa shape index (κ3) is 4.57. The van der Waals surface area contributed by atoms with E-state index in [1.54, 1.807) is 23.1 Å². The van der Waals surface area contributed by atoms with Crippen molar-refractivity contribution in [1.82, 2.24) is 15.1 Å². The summed E-state index contributed by atoms with van der Waals surface area (Å²) in [4.78, 5) is 53.9. The van der Waals surface area contributed by atoms with E-state index in [1.165, 1.54) is 11.3 Å². The van der Waals surface area contributed by atoms with Crippen molar-refractivity contribution in [2.24, 2.45) is 11.8 Å². The Morgan fingerprint density at radius 3 is 2.28 bits per heavy atom. The van der Waals surface area contributed by atoms with Crippen LogP contribution in [0.2, 0.25) is 0 Å². The molecule has 2 heterocycles. The van der Waals surface area contributed by atoms with Crippen molar-refractivity contribution in [3.63, 3.8) is 0 Å². The fraction of sp³-hybridized carbons (Fsp3) is 0.600. The monoisotopic (exact) mass is 439 g/mol. The molecule has 1 aromatic rings. The topological polar surface area (TPSA) is 86.8 Å². The number of carbonyl (C=O) groups excluding carboxylic acids is 4. The van der Waals surface area contributed by atoms with Crippen molar-refractivity contribution < 1.29 is 19.2 Å². The molecule has 0 radical (unpaired) electrons. The number of imide groups is 1. The third-order valence-corrected chi connectivity index (χ3v) is 6.87. The summed E-state index contributed by atoms with van der Waals surface area (Å²) in [5.41, 5.74) is 1.12. The number of nitrogens with one attached hydrogen (secondary N) is 1. The minimum atomic E-state index is -0.322. The zero-order valence-electron chi connectivity index (χ0n) is 19.1. The maximum Gasteiger partial charge on any atom is 0.261 e. The van der Waals surface area contributed by atoms with Gasteiger partial charge in [-0.3, -0.25) is 24.1 Å². The molecule has 4 rings (SSSR count). The van der Waals surface area contributed by atoms with Gasteiger partial charge in [0.15, 0.2) is 0 Å². The number of hydrogen-bond acceptors (Lipinski definition) is 4. The van der Waals surface area contributed by atoms with Crippen LogP contribution in [0.5, 0.6) is 0 Å². The van der Waals surface area contributed by atoms with Crippen LogP contribution in [0.4, 0.5) is 0 Å². The summed E-state index contributed by atoms with van der Waals surface area (Å²) in [6.45, 7) is 5.42. The van der Waals surface area contributed by atoms with Gasteiger partial charge < -0.3 is 10.2 Å². The summed E-state index contributed by atoms with van der Waals surface area (Å²) < 4.78 is 0. The Morgan fingerprint density at radius 1 is 0.969 bits per heavy atom. The fourth-order valence-electron chi connectivity index (χ4n) is 5.05. The van der Waals surface area contributed by atoms with E-state index in [4.69, 9.17) is 0 Å². The van der Waals surface area contributed by atoms with Gasteiger partial charge in [-0.15, -0.1) is 0 Å². The van der Waals surface area contributed by atoms with E-state index < -0.39 is 0 Å². The second-order valence-electron chi connectivity index (χ2n) is 9.79. The number of carbonyl (C=O) groups is 4. The van der Waals surface area contributed by atoms with Crippen LogP contribution >= 0.6 is 0 Å². The van der Waals surface area contributed by atoms with Gasteiger partial charge in [0.25, 0.3) is 17.7 Å². The number of likely N-dealkylation sites (tertiary alicyclic amines) is 1. The minimum Gasteiger partial charge on any atom is -0.353 e. The van der Waals surface area contributed by atoms with Crippen LogP contribution in [0.25, 0.3) is 0 Å². The number of nitrogens with zero attached hydrogens (tertiary/aromatic N) is 2. The van der Waals surface area contributed by atoms with Crippen LogP contribution in [0.15, 0.2) is 18.2 Å². The van der Waals surface area contributed by atoms with Crippen LogP contribution in [-0.2, 0) is 4.79 Å². The van der Waals surface area contributed by atoms with Crippen molar-refractivity contribution in [2.45, 2.75) is 64.8 Å². The van der Waals surface area contributed by atoms with Crippen LogP contribution < -0.4 is 5.32 Å². The standard InChI is InChI=1S/C25H33N3O4/c1-16(2)15-28-24(31)20-9-8-18(14-21(20)25(28)32)23(30)27-12-10-19(11-13-27)26-22(29)17-6-4-3-5-7-17/h8-9,14,16-17,19H,3-7,10-13,15H2,1-2H3,(H,26,29). The largest absolute Gasteiger partial charge is 0.353 e. The van der Waals surface area contributed by atoms with Gasteiger partial charge in [-0.1, -0.05) is 33.1 Å². The molecule has 1 N–H and O–H groups in total. The highest BCUT2D eigenvalue weighted by molar-refractivity contribution is 6.22. The summed E-state index contributed by atoms with van der Waals surface area (Å²) in [5, 5.41) is 3.19. The van der Waals surface area contributed by atoms with E-state index in [2.05, 4.69) is 5.32 Å². The van der Waals surface area contributed by atoms with Gasteiger partial charge >= 0.3 is 0 Å². The van der Waals surface area contributed by atoms with E-state index in [-0.39, 0.29) is 41.5 Å². The molecule has 2 fully saturated rings. The molecule has 7 nitrogen and oxygen atoms in total. The first-order chi connectivity index (χ1) is 15.3. The number of hydrogen-bond donors (Lipinski definition) is 1. The molecule has 3 aliphatic rings. The summed E-state index contributed by atoms with van der Waals surface area (Å²) in [5.74, 6) is -0.247. The Labute approximate surface area is 189 Å². The van der Waals surface area contributed by atoms with E-state index in [1.807, 2.05) is 13.8 Å². The van der Waals surface area contributed by atoms with Crippen LogP contribution in [-0.4, -0.2) is 59.1 Å². The smallest absolute Gasteiger partial charge is 0.261 e. The number of amides is 4. The van der Waals surface area contributed by atoms with E-state index >= 15 is 0 Å². The molecule has 172 valence electrons. The summed E-state index contributed by atoms with van der Waals surface area (Å²) in [6, 6.07) is 4.91. The second kappa shape index (κ2) is 9.43. The fourth-order valence-corrected chi connectivity index (χ4v) is 5.05. The zero-order chi connectivity index (χ0) is 22.8. The molecular weight excluding hydrogens is 406 g/mol. The molecule has 0 bridgehead atoms. The average Bonchev–Trinajstić information content (AvgIpc) is 3.03. The lowest BCUT2D eigenvalue weighted by molar-refractivity contribution is -0.126. The molecule has 1 aliphatic carbocycles. The highest BCUT2D eigenvalue weighted by Crippen LogP contribution is 2.27. The quantitative estimate of drug-likeness (QED) is 0.714. The van der Waals surface area contributed by atoms with E-state index in [0.29, 0.717) is 36.3 Å². The molecule has 0 aromatic heterocycles. The first-order valence-corrected chi connectivity index (χ1v) is 11.9. The molecule has 32 heavy (non-hydrogen) atoms. The number of rotatable bonds is 5.